The number of rotatable bonds is 4. The van der Waals surface area contributed by atoms with Gasteiger partial charge >= 0.3 is 0 Å². The normalized spacial score (nSPS) is 17.7. The molecule has 1 aliphatic heterocycles. The van der Waals surface area contributed by atoms with Crippen molar-refractivity contribution < 1.29 is 14.4 Å². The summed E-state index contributed by atoms with van der Waals surface area (Å²) in [5.41, 5.74) is 1.18. The maximum absolute atomic E-state index is 12.0. The highest BCUT2D eigenvalue weighted by molar-refractivity contribution is 5.95. The molecule has 1 fully saturated rings. The van der Waals surface area contributed by atoms with Crippen LogP contribution < -0.4 is 10.6 Å². The Hall–Kier alpha value is -2.37. The van der Waals surface area contributed by atoms with Gasteiger partial charge in [0.1, 0.15) is 0 Å². The molecule has 1 aromatic rings. The van der Waals surface area contributed by atoms with Gasteiger partial charge in [0.15, 0.2) is 0 Å². The minimum Gasteiger partial charge on any atom is -0.352 e. The minimum absolute atomic E-state index is 0.119. The van der Waals surface area contributed by atoms with E-state index in [0.717, 1.165) is 0 Å². The molecule has 2 N–H and O–H groups in total. The van der Waals surface area contributed by atoms with Gasteiger partial charge in [-0.2, -0.15) is 0 Å². The first-order valence-corrected chi connectivity index (χ1v) is 6.85. The molecule has 6 nitrogen and oxygen atoms in total. The zero-order valence-electron chi connectivity index (χ0n) is 12.2. The Morgan fingerprint density at radius 1 is 1.29 bits per heavy atom. The van der Waals surface area contributed by atoms with E-state index in [0.29, 0.717) is 30.8 Å². The largest absolute Gasteiger partial charge is 0.352 e. The first kappa shape index (κ1) is 15.0. The zero-order chi connectivity index (χ0) is 15.4. The van der Waals surface area contributed by atoms with Crippen LogP contribution in [-0.4, -0.2) is 42.8 Å². The Balaban J connectivity index is 1.86. The van der Waals surface area contributed by atoms with Crippen LogP contribution in [-0.2, 0) is 9.59 Å². The lowest BCUT2D eigenvalue weighted by molar-refractivity contribution is -0.126. The summed E-state index contributed by atoms with van der Waals surface area (Å²) in [6.45, 7) is 2.60. The van der Waals surface area contributed by atoms with Crippen molar-refractivity contribution in [3.63, 3.8) is 0 Å². The third-order valence-electron chi connectivity index (χ3n) is 3.44. The van der Waals surface area contributed by atoms with Crippen LogP contribution in [0.5, 0.6) is 0 Å². The first-order chi connectivity index (χ1) is 9.95. The van der Waals surface area contributed by atoms with Gasteiger partial charge in [0.05, 0.1) is 0 Å². The quantitative estimate of drug-likeness (QED) is 0.862. The van der Waals surface area contributed by atoms with Gasteiger partial charge in [0.25, 0.3) is 5.91 Å². The molecule has 112 valence electrons. The van der Waals surface area contributed by atoms with Crippen molar-refractivity contribution in [1.29, 1.82) is 0 Å². The number of carbonyl (C=O) groups is 3. The van der Waals surface area contributed by atoms with Crippen molar-refractivity contribution in [2.75, 3.05) is 25.5 Å². The van der Waals surface area contributed by atoms with E-state index in [2.05, 4.69) is 10.6 Å². The molecule has 1 heterocycles. The molecular weight excluding hydrogens is 270 g/mol. The molecule has 2 rings (SSSR count). The maximum atomic E-state index is 12.0. The standard InChI is InChI=1S/C15H19N3O3/c1-10(19)17-13-5-3-12(4-6-13)15(21)16-8-11-7-14(20)18(2)9-11/h3-6,11H,7-9H2,1-2H3,(H,16,21)(H,17,19). The number of amides is 3. The van der Waals surface area contributed by atoms with Crippen LogP contribution in [0, 0.1) is 5.92 Å². The molecule has 1 unspecified atom stereocenters. The fraction of sp³-hybridized carbons (Fsp3) is 0.400. The highest BCUT2D eigenvalue weighted by atomic mass is 16.2. The molecule has 1 aromatic carbocycles. The summed E-state index contributed by atoms with van der Waals surface area (Å²) in [6, 6.07) is 6.69. The van der Waals surface area contributed by atoms with E-state index in [1.807, 2.05) is 0 Å². The van der Waals surface area contributed by atoms with E-state index in [-0.39, 0.29) is 23.6 Å². The molecule has 1 saturated heterocycles. The second kappa shape index (κ2) is 6.39. The van der Waals surface area contributed by atoms with Gasteiger partial charge in [-0.3, -0.25) is 14.4 Å². The summed E-state index contributed by atoms with van der Waals surface area (Å²) in [5, 5.41) is 5.48. The Kier molecular flexibility index (Phi) is 4.57. The lowest BCUT2D eigenvalue weighted by Crippen LogP contribution is -2.30. The summed E-state index contributed by atoms with van der Waals surface area (Å²) in [7, 11) is 1.77. The molecule has 1 atom stereocenters. The third-order valence-corrected chi connectivity index (χ3v) is 3.44. The number of carbonyl (C=O) groups excluding carboxylic acids is 3. The predicted molar refractivity (Wildman–Crippen MR) is 78.8 cm³/mol. The summed E-state index contributed by atoms with van der Waals surface area (Å²) in [5.74, 6) is -0.0346. The highest BCUT2D eigenvalue weighted by Gasteiger charge is 2.26. The zero-order valence-corrected chi connectivity index (χ0v) is 12.2. The average molecular weight is 289 g/mol. The van der Waals surface area contributed by atoms with Crippen LogP contribution in [0.2, 0.25) is 0 Å². The van der Waals surface area contributed by atoms with Crippen LogP contribution in [0.3, 0.4) is 0 Å². The highest BCUT2D eigenvalue weighted by Crippen LogP contribution is 2.15. The molecule has 0 aliphatic carbocycles. The van der Waals surface area contributed by atoms with Gasteiger partial charge in [0, 0.05) is 50.7 Å². The van der Waals surface area contributed by atoms with Crippen LogP contribution in [0.15, 0.2) is 24.3 Å². The van der Waals surface area contributed by atoms with E-state index in [1.165, 1.54) is 6.92 Å². The van der Waals surface area contributed by atoms with Crippen LogP contribution >= 0.6 is 0 Å². The number of benzene rings is 1. The molecule has 0 aromatic heterocycles. The second-order valence-electron chi connectivity index (χ2n) is 5.31. The van der Waals surface area contributed by atoms with E-state index in [1.54, 1.807) is 36.2 Å². The maximum Gasteiger partial charge on any atom is 0.251 e. The lowest BCUT2D eigenvalue weighted by atomic mass is 10.1. The Bertz CT molecular complexity index is 554. The molecule has 1 aliphatic rings. The number of likely N-dealkylation sites (tertiary alicyclic amines) is 1. The number of nitrogens with one attached hydrogen (secondary N) is 2. The van der Waals surface area contributed by atoms with Gasteiger partial charge in [0.2, 0.25) is 11.8 Å². The fourth-order valence-electron chi connectivity index (χ4n) is 2.34. The summed E-state index contributed by atoms with van der Waals surface area (Å²) in [6.07, 6.45) is 0.484. The number of nitrogens with zero attached hydrogens (tertiary/aromatic N) is 1. The van der Waals surface area contributed by atoms with E-state index in [9.17, 15) is 14.4 Å². The molecule has 6 heteroatoms. The SMILES string of the molecule is CC(=O)Nc1ccc(C(=O)NCC2CC(=O)N(C)C2)cc1. The first-order valence-electron chi connectivity index (χ1n) is 6.85. The average Bonchev–Trinajstić information content (AvgIpc) is 2.75. The van der Waals surface area contributed by atoms with Crippen molar-refractivity contribution in [2.45, 2.75) is 13.3 Å². The van der Waals surface area contributed by atoms with Gasteiger partial charge < -0.3 is 15.5 Å². The van der Waals surface area contributed by atoms with Crippen molar-refractivity contribution in [1.82, 2.24) is 10.2 Å². The van der Waals surface area contributed by atoms with Gasteiger partial charge in [-0.05, 0) is 24.3 Å². The van der Waals surface area contributed by atoms with Gasteiger partial charge in [-0.25, -0.2) is 0 Å². The predicted octanol–water partition coefficient (Wildman–Crippen LogP) is 0.853. The van der Waals surface area contributed by atoms with E-state index in [4.69, 9.17) is 0 Å². The molecule has 0 saturated carbocycles. The molecule has 0 radical (unpaired) electrons. The van der Waals surface area contributed by atoms with Crippen molar-refractivity contribution in [3.05, 3.63) is 29.8 Å². The Morgan fingerprint density at radius 3 is 2.48 bits per heavy atom. The van der Waals surface area contributed by atoms with Crippen molar-refractivity contribution in [3.8, 4) is 0 Å². The number of hydrogen-bond donors (Lipinski definition) is 2. The second-order valence-corrected chi connectivity index (χ2v) is 5.31. The number of anilines is 1. The third kappa shape index (κ3) is 4.05. The van der Waals surface area contributed by atoms with Crippen molar-refractivity contribution in [2.24, 2.45) is 5.92 Å². The summed E-state index contributed by atoms with van der Waals surface area (Å²) < 4.78 is 0. The van der Waals surface area contributed by atoms with Crippen LogP contribution in [0.25, 0.3) is 0 Å². The van der Waals surface area contributed by atoms with Gasteiger partial charge in [-0.15, -0.1) is 0 Å². The minimum atomic E-state index is -0.175. The number of hydrogen-bond acceptors (Lipinski definition) is 3. The lowest BCUT2D eigenvalue weighted by Gasteiger charge is -2.11. The molecular formula is C15H19N3O3. The van der Waals surface area contributed by atoms with E-state index >= 15 is 0 Å². The Morgan fingerprint density at radius 2 is 1.95 bits per heavy atom. The molecule has 0 spiro atoms. The summed E-state index contributed by atoms with van der Waals surface area (Å²) in [4.78, 5) is 36.0. The monoisotopic (exact) mass is 289 g/mol. The van der Waals surface area contributed by atoms with Crippen molar-refractivity contribution >= 4 is 23.4 Å². The Labute approximate surface area is 123 Å². The smallest absolute Gasteiger partial charge is 0.251 e. The van der Waals surface area contributed by atoms with E-state index < -0.39 is 0 Å². The molecule has 3 amide bonds. The van der Waals surface area contributed by atoms with Crippen LogP contribution in [0.4, 0.5) is 5.69 Å². The van der Waals surface area contributed by atoms with Crippen LogP contribution in [0.1, 0.15) is 23.7 Å². The van der Waals surface area contributed by atoms with Gasteiger partial charge in [-0.1, -0.05) is 0 Å². The summed E-state index contributed by atoms with van der Waals surface area (Å²) >= 11 is 0. The molecule has 0 bridgehead atoms. The fourth-order valence-corrected chi connectivity index (χ4v) is 2.34. The molecule has 21 heavy (non-hydrogen) atoms. The topological polar surface area (TPSA) is 78.5 Å².